The molecule has 4 aliphatic carbocycles. The molecule has 0 radical (unpaired) electrons. The van der Waals surface area contributed by atoms with E-state index in [1.165, 1.54) is 5.57 Å². The normalized spacial score (nSPS) is 48.2. The first kappa shape index (κ1) is 18.0. The minimum Gasteiger partial charge on any atom is -0.481 e. The molecule has 2 N–H and O–H groups in total. The summed E-state index contributed by atoms with van der Waals surface area (Å²) >= 11 is 0. The molecule has 142 valence electrons. The van der Waals surface area contributed by atoms with Crippen LogP contribution in [-0.2, 0) is 9.59 Å². The molecule has 4 nitrogen and oxygen atoms in total. The molecular formula is C22H30O4. The molecule has 0 aliphatic heterocycles. The molecule has 0 aromatic rings. The fourth-order valence-electron chi connectivity index (χ4n) is 7.19. The second-order valence-electron chi connectivity index (χ2n) is 9.53. The Kier molecular flexibility index (Phi) is 4.00. The molecule has 3 fully saturated rings. The van der Waals surface area contributed by atoms with Gasteiger partial charge < -0.3 is 10.2 Å². The van der Waals surface area contributed by atoms with Crippen molar-refractivity contribution in [3.05, 3.63) is 23.8 Å². The molecule has 8 unspecified atom stereocenters. The predicted molar refractivity (Wildman–Crippen MR) is 98.3 cm³/mol. The van der Waals surface area contributed by atoms with Crippen LogP contribution < -0.4 is 0 Å². The summed E-state index contributed by atoms with van der Waals surface area (Å²) in [5.41, 5.74) is 0.760. The number of rotatable bonds is 2. The maximum Gasteiger partial charge on any atom is 0.306 e. The highest BCUT2D eigenvalue weighted by atomic mass is 16.4. The Hall–Kier alpha value is -1.42. The second-order valence-corrected chi connectivity index (χ2v) is 9.53. The van der Waals surface area contributed by atoms with Crippen LogP contribution in [0.2, 0.25) is 0 Å². The van der Waals surface area contributed by atoms with Crippen molar-refractivity contribution in [2.75, 3.05) is 0 Å². The first-order chi connectivity index (χ1) is 12.2. The summed E-state index contributed by atoms with van der Waals surface area (Å²) in [7, 11) is 0. The van der Waals surface area contributed by atoms with Crippen LogP contribution in [0.5, 0.6) is 0 Å². The number of carbonyl (C=O) groups is 2. The van der Waals surface area contributed by atoms with Crippen molar-refractivity contribution >= 4 is 11.8 Å². The number of carboxylic acids is 1. The van der Waals surface area contributed by atoms with Crippen LogP contribution in [0, 0.1) is 40.4 Å². The van der Waals surface area contributed by atoms with Crippen LogP contribution in [-0.4, -0.2) is 28.1 Å². The molecule has 0 saturated heterocycles. The zero-order valence-corrected chi connectivity index (χ0v) is 15.9. The average Bonchev–Trinajstić information content (AvgIpc) is 2.94. The molecule has 26 heavy (non-hydrogen) atoms. The van der Waals surface area contributed by atoms with Gasteiger partial charge in [0.05, 0.1) is 12.0 Å². The Morgan fingerprint density at radius 3 is 2.65 bits per heavy atom. The number of aliphatic carboxylic acids is 1. The Labute approximate surface area is 155 Å². The van der Waals surface area contributed by atoms with Crippen molar-refractivity contribution < 1.29 is 19.8 Å². The molecule has 0 heterocycles. The Bertz CT molecular complexity index is 707. The van der Waals surface area contributed by atoms with Gasteiger partial charge in [0.2, 0.25) is 0 Å². The van der Waals surface area contributed by atoms with E-state index >= 15 is 0 Å². The predicted octanol–water partition coefficient (Wildman–Crippen LogP) is 3.60. The van der Waals surface area contributed by atoms with Crippen molar-refractivity contribution in [1.29, 1.82) is 0 Å². The van der Waals surface area contributed by atoms with Crippen LogP contribution >= 0.6 is 0 Å². The summed E-state index contributed by atoms with van der Waals surface area (Å²) in [5, 5.41) is 20.8. The van der Waals surface area contributed by atoms with E-state index in [2.05, 4.69) is 19.9 Å². The van der Waals surface area contributed by atoms with E-state index < -0.39 is 18.0 Å². The van der Waals surface area contributed by atoms with Crippen molar-refractivity contribution in [2.24, 2.45) is 40.4 Å². The average molecular weight is 358 g/mol. The second kappa shape index (κ2) is 5.79. The van der Waals surface area contributed by atoms with E-state index in [0.29, 0.717) is 24.2 Å². The molecule has 0 aromatic carbocycles. The lowest BCUT2D eigenvalue weighted by atomic mass is 9.46. The minimum atomic E-state index is -0.749. The summed E-state index contributed by atoms with van der Waals surface area (Å²) in [6, 6.07) is 0. The minimum absolute atomic E-state index is 0.0363. The highest BCUT2D eigenvalue weighted by Gasteiger charge is 2.63. The number of carbonyl (C=O) groups excluding carboxylic acids is 1. The molecular weight excluding hydrogens is 328 g/mol. The number of aliphatic hydroxyl groups excluding tert-OH is 1. The highest BCUT2D eigenvalue weighted by molar-refractivity contribution is 6.01. The molecule has 0 aromatic heterocycles. The number of allylic oxidation sites excluding steroid dienone is 4. The molecule has 3 saturated carbocycles. The largest absolute Gasteiger partial charge is 0.481 e. The van der Waals surface area contributed by atoms with E-state index in [0.717, 1.165) is 25.7 Å². The van der Waals surface area contributed by atoms with Crippen molar-refractivity contribution in [1.82, 2.24) is 0 Å². The van der Waals surface area contributed by atoms with Crippen molar-refractivity contribution in [3.8, 4) is 0 Å². The van der Waals surface area contributed by atoms with Gasteiger partial charge in [-0.05, 0) is 67.9 Å². The van der Waals surface area contributed by atoms with E-state index in [1.54, 1.807) is 19.1 Å². The summed E-state index contributed by atoms with van der Waals surface area (Å²) in [6.07, 6.45) is 9.68. The third-order valence-corrected chi connectivity index (χ3v) is 8.73. The smallest absolute Gasteiger partial charge is 0.306 e. The number of ketones is 1. The maximum absolute atomic E-state index is 11.8. The van der Waals surface area contributed by atoms with Gasteiger partial charge in [0.1, 0.15) is 0 Å². The Morgan fingerprint density at radius 2 is 1.96 bits per heavy atom. The third-order valence-electron chi connectivity index (χ3n) is 8.73. The first-order valence-electron chi connectivity index (χ1n) is 10.0. The van der Waals surface area contributed by atoms with E-state index in [9.17, 15) is 19.8 Å². The molecule has 0 spiro atoms. The molecule has 4 aliphatic rings. The zero-order chi connectivity index (χ0) is 18.9. The van der Waals surface area contributed by atoms with Crippen LogP contribution in [0.1, 0.15) is 52.9 Å². The van der Waals surface area contributed by atoms with Gasteiger partial charge >= 0.3 is 5.97 Å². The summed E-state index contributed by atoms with van der Waals surface area (Å²) in [5.74, 6) is 0.141. The van der Waals surface area contributed by atoms with Crippen LogP contribution in [0.3, 0.4) is 0 Å². The number of aliphatic hydroxyl groups is 1. The molecule has 0 amide bonds. The summed E-state index contributed by atoms with van der Waals surface area (Å²) < 4.78 is 0. The van der Waals surface area contributed by atoms with Crippen molar-refractivity contribution in [2.45, 2.75) is 59.0 Å². The van der Waals surface area contributed by atoms with Crippen LogP contribution in [0.4, 0.5) is 0 Å². The van der Waals surface area contributed by atoms with Crippen LogP contribution in [0.15, 0.2) is 23.8 Å². The molecule has 4 rings (SSSR count). The molecule has 0 bridgehead atoms. The van der Waals surface area contributed by atoms with E-state index in [1.807, 2.05) is 0 Å². The Balaban J connectivity index is 1.70. The number of hydrogen-bond acceptors (Lipinski definition) is 3. The number of carboxylic acid groups (broad SMARTS) is 1. The van der Waals surface area contributed by atoms with Gasteiger partial charge in [-0.25, -0.2) is 0 Å². The summed E-state index contributed by atoms with van der Waals surface area (Å²) in [6.45, 7) is 6.17. The lowest BCUT2D eigenvalue weighted by molar-refractivity contribution is -0.155. The first-order valence-corrected chi connectivity index (χ1v) is 10.0. The van der Waals surface area contributed by atoms with Gasteiger partial charge in [-0.3, -0.25) is 9.59 Å². The number of hydrogen-bond donors (Lipinski definition) is 2. The zero-order valence-electron chi connectivity index (χ0n) is 15.9. The fourth-order valence-corrected chi connectivity index (χ4v) is 7.19. The van der Waals surface area contributed by atoms with Crippen LogP contribution in [0.25, 0.3) is 0 Å². The van der Waals surface area contributed by atoms with Gasteiger partial charge in [-0.15, -0.1) is 0 Å². The third kappa shape index (κ3) is 2.24. The Morgan fingerprint density at radius 1 is 1.23 bits per heavy atom. The van der Waals surface area contributed by atoms with E-state index in [4.69, 9.17) is 0 Å². The van der Waals surface area contributed by atoms with Gasteiger partial charge in [0.15, 0.2) is 5.78 Å². The SMILES string of the molecule is CC(C(=O)O)C1CCC2C3CCC4=CC(=O)C=CC4(C)C3CC(O)C12C. The van der Waals surface area contributed by atoms with Gasteiger partial charge in [-0.1, -0.05) is 32.4 Å². The highest BCUT2D eigenvalue weighted by Crippen LogP contribution is 2.66. The van der Waals surface area contributed by atoms with E-state index in [-0.39, 0.29) is 22.5 Å². The maximum atomic E-state index is 11.8. The molecule has 8 atom stereocenters. The van der Waals surface area contributed by atoms with Gasteiger partial charge in [-0.2, -0.15) is 0 Å². The van der Waals surface area contributed by atoms with Crippen molar-refractivity contribution in [3.63, 3.8) is 0 Å². The van der Waals surface area contributed by atoms with Gasteiger partial charge in [0.25, 0.3) is 0 Å². The summed E-state index contributed by atoms with van der Waals surface area (Å²) in [4.78, 5) is 23.5. The van der Waals surface area contributed by atoms with Gasteiger partial charge in [0, 0.05) is 10.8 Å². The number of fused-ring (bicyclic) bond motifs is 5. The monoisotopic (exact) mass is 358 g/mol. The fraction of sp³-hybridized carbons (Fsp3) is 0.727. The molecule has 4 heteroatoms. The lowest BCUT2D eigenvalue weighted by Gasteiger charge is -2.59. The quantitative estimate of drug-likeness (QED) is 0.791. The topological polar surface area (TPSA) is 74.6 Å². The lowest BCUT2D eigenvalue weighted by Crippen LogP contribution is -2.56. The standard InChI is InChI=1S/C22H30O4/c1-12(20(25)26)16-6-7-17-15-5-4-13-10-14(23)8-9-21(13,2)18(15)11-19(24)22(16,17)3/h8-10,12,15-19,24H,4-7,11H2,1-3H3,(H,25,26).